The van der Waals surface area contributed by atoms with Gasteiger partial charge in [-0.15, -0.1) is 0 Å². The minimum atomic E-state index is -0.846. The van der Waals surface area contributed by atoms with E-state index in [0.717, 1.165) is 6.07 Å². The number of halogens is 2. The molecular weight excluding hydrogens is 252 g/mol. The molecule has 0 spiro atoms. The molecule has 2 rings (SSSR count). The van der Waals surface area contributed by atoms with Gasteiger partial charge in [0.25, 0.3) is 0 Å². The Hall–Kier alpha value is -2.30. The van der Waals surface area contributed by atoms with Gasteiger partial charge in [0.1, 0.15) is 11.6 Å². The molecule has 1 aromatic carbocycles. The van der Waals surface area contributed by atoms with Crippen molar-refractivity contribution in [2.45, 2.75) is 6.92 Å². The summed E-state index contributed by atoms with van der Waals surface area (Å²) in [5.74, 6) is -2.46. The normalized spacial score (nSPS) is 10.3. The van der Waals surface area contributed by atoms with Crippen molar-refractivity contribution in [2.24, 2.45) is 0 Å². The van der Waals surface area contributed by atoms with Crippen molar-refractivity contribution in [3.05, 3.63) is 53.7 Å². The molecule has 3 nitrogen and oxygen atoms in total. The summed E-state index contributed by atoms with van der Waals surface area (Å²) in [6, 6.07) is 6.52. The molecule has 0 amide bonds. The van der Waals surface area contributed by atoms with Gasteiger partial charge in [0.15, 0.2) is 0 Å². The Morgan fingerprint density at radius 2 is 2.11 bits per heavy atom. The molecule has 0 fully saturated rings. The van der Waals surface area contributed by atoms with E-state index in [1.54, 1.807) is 25.1 Å². The first-order chi connectivity index (χ1) is 9.13. The van der Waals surface area contributed by atoms with Gasteiger partial charge in [-0.25, -0.2) is 13.6 Å². The van der Waals surface area contributed by atoms with Gasteiger partial charge in [0, 0.05) is 12.3 Å². The fraction of sp³-hybridized carbons (Fsp3) is 0.143. The summed E-state index contributed by atoms with van der Waals surface area (Å²) in [6.45, 7) is 1.74. The SMILES string of the molecule is CCOC(=O)c1cc(F)cc(F)c1-c1ccccn1. The van der Waals surface area contributed by atoms with E-state index in [-0.39, 0.29) is 23.4 Å². The molecule has 98 valence electrons. The van der Waals surface area contributed by atoms with Crippen LogP contribution in [0.15, 0.2) is 36.5 Å². The Kier molecular flexibility index (Phi) is 3.85. The third-order valence-electron chi connectivity index (χ3n) is 2.47. The van der Waals surface area contributed by atoms with Gasteiger partial charge in [0.2, 0.25) is 0 Å². The monoisotopic (exact) mass is 263 g/mol. The number of esters is 1. The van der Waals surface area contributed by atoms with Crippen molar-refractivity contribution >= 4 is 5.97 Å². The first-order valence-corrected chi connectivity index (χ1v) is 5.71. The van der Waals surface area contributed by atoms with Crippen LogP contribution in [0.5, 0.6) is 0 Å². The zero-order chi connectivity index (χ0) is 13.8. The highest BCUT2D eigenvalue weighted by molar-refractivity contribution is 5.97. The molecule has 5 heteroatoms. The van der Waals surface area contributed by atoms with E-state index in [4.69, 9.17) is 4.74 Å². The van der Waals surface area contributed by atoms with Crippen LogP contribution in [0.2, 0.25) is 0 Å². The van der Waals surface area contributed by atoms with Gasteiger partial charge in [-0.05, 0) is 25.1 Å². The van der Waals surface area contributed by atoms with Gasteiger partial charge < -0.3 is 4.74 Å². The number of hydrogen-bond acceptors (Lipinski definition) is 3. The largest absolute Gasteiger partial charge is 0.462 e. The summed E-state index contributed by atoms with van der Waals surface area (Å²) in [4.78, 5) is 15.7. The molecule has 19 heavy (non-hydrogen) atoms. The van der Waals surface area contributed by atoms with Crippen molar-refractivity contribution in [3.8, 4) is 11.3 Å². The Labute approximate surface area is 108 Å². The fourth-order valence-corrected chi connectivity index (χ4v) is 1.71. The van der Waals surface area contributed by atoms with E-state index in [9.17, 15) is 13.6 Å². The second-order valence-electron chi connectivity index (χ2n) is 3.75. The fourth-order valence-electron chi connectivity index (χ4n) is 1.71. The molecule has 0 saturated heterocycles. The maximum absolute atomic E-state index is 13.9. The summed E-state index contributed by atoms with van der Waals surface area (Å²) >= 11 is 0. The van der Waals surface area contributed by atoms with Gasteiger partial charge in [0.05, 0.1) is 23.4 Å². The quantitative estimate of drug-likeness (QED) is 0.798. The molecule has 1 aromatic heterocycles. The highest BCUT2D eigenvalue weighted by Crippen LogP contribution is 2.27. The molecule has 0 aliphatic heterocycles. The van der Waals surface area contributed by atoms with Crippen molar-refractivity contribution in [1.29, 1.82) is 0 Å². The molecular formula is C14H11F2NO2. The third kappa shape index (κ3) is 2.76. The second kappa shape index (κ2) is 5.56. The minimum Gasteiger partial charge on any atom is -0.462 e. The van der Waals surface area contributed by atoms with Crippen molar-refractivity contribution < 1.29 is 18.3 Å². The van der Waals surface area contributed by atoms with E-state index in [1.165, 1.54) is 6.20 Å². The molecule has 0 aliphatic rings. The maximum Gasteiger partial charge on any atom is 0.339 e. The number of carbonyl (C=O) groups is 1. The molecule has 0 bridgehead atoms. The highest BCUT2D eigenvalue weighted by Gasteiger charge is 2.20. The molecule has 0 radical (unpaired) electrons. The molecule has 2 aromatic rings. The van der Waals surface area contributed by atoms with Crippen LogP contribution < -0.4 is 0 Å². The summed E-state index contributed by atoms with van der Waals surface area (Å²) in [7, 11) is 0. The van der Waals surface area contributed by atoms with Crippen molar-refractivity contribution in [2.75, 3.05) is 6.61 Å². The number of ether oxygens (including phenoxy) is 1. The van der Waals surface area contributed by atoms with E-state index in [0.29, 0.717) is 6.07 Å². The molecule has 0 atom stereocenters. The third-order valence-corrected chi connectivity index (χ3v) is 2.47. The Morgan fingerprint density at radius 1 is 1.32 bits per heavy atom. The van der Waals surface area contributed by atoms with Gasteiger partial charge >= 0.3 is 5.97 Å². The van der Waals surface area contributed by atoms with E-state index < -0.39 is 17.6 Å². The summed E-state index contributed by atoms with van der Waals surface area (Å²) in [6.07, 6.45) is 1.47. The number of rotatable bonds is 3. The topological polar surface area (TPSA) is 39.2 Å². The average molecular weight is 263 g/mol. The molecule has 1 heterocycles. The number of benzene rings is 1. The summed E-state index contributed by atoms with van der Waals surface area (Å²) in [5.41, 5.74) is 0.0292. The predicted molar refractivity (Wildman–Crippen MR) is 65.5 cm³/mol. The highest BCUT2D eigenvalue weighted by atomic mass is 19.1. The summed E-state index contributed by atoms with van der Waals surface area (Å²) in [5, 5.41) is 0. The van der Waals surface area contributed by atoms with Gasteiger partial charge in [-0.3, -0.25) is 4.98 Å². The zero-order valence-electron chi connectivity index (χ0n) is 10.2. The van der Waals surface area contributed by atoms with Gasteiger partial charge in [-0.1, -0.05) is 6.07 Å². The second-order valence-corrected chi connectivity index (χ2v) is 3.75. The Balaban J connectivity index is 2.62. The van der Waals surface area contributed by atoms with E-state index in [2.05, 4.69) is 4.98 Å². The van der Waals surface area contributed by atoms with Crippen molar-refractivity contribution in [3.63, 3.8) is 0 Å². The predicted octanol–water partition coefficient (Wildman–Crippen LogP) is 3.20. The van der Waals surface area contributed by atoms with E-state index >= 15 is 0 Å². The van der Waals surface area contributed by atoms with Crippen LogP contribution >= 0.6 is 0 Å². The van der Waals surface area contributed by atoms with Crippen molar-refractivity contribution in [1.82, 2.24) is 4.98 Å². The Morgan fingerprint density at radius 3 is 2.74 bits per heavy atom. The van der Waals surface area contributed by atoms with Gasteiger partial charge in [-0.2, -0.15) is 0 Å². The molecule has 0 unspecified atom stereocenters. The lowest BCUT2D eigenvalue weighted by molar-refractivity contribution is 0.0526. The summed E-state index contributed by atoms with van der Waals surface area (Å²) < 4.78 is 32.0. The lowest BCUT2D eigenvalue weighted by Crippen LogP contribution is -2.09. The zero-order valence-corrected chi connectivity index (χ0v) is 10.2. The number of nitrogens with zero attached hydrogens (tertiary/aromatic N) is 1. The molecule has 0 saturated carbocycles. The first-order valence-electron chi connectivity index (χ1n) is 5.71. The van der Waals surface area contributed by atoms with Crippen LogP contribution in [0.1, 0.15) is 17.3 Å². The Bertz CT molecular complexity index is 600. The molecule has 0 N–H and O–H groups in total. The van der Waals surface area contributed by atoms with E-state index in [1.807, 2.05) is 0 Å². The minimum absolute atomic E-state index is 0.0551. The maximum atomic E-state index is 13.9. The van der Waals surface area contributed by atoms with Crippen LogP contribution in [0.4, 0.5) is 8.78 Å². The standard InChI is InChI=1S/C14H11F2NO2/c1-2-19-14(18)10-7-9(15)8-11(16)13(10)12-5-3-4-6-17-12/h3-8H,2H2,1H3. The van der Waals surface area contributed by atoms with Crippen LogP contribution in [0.3, 0.4) is 0 Å². The van der Waals surface area contributed by atoms with Crippen LogP contribution in [-0.4, -0.2) is 17.6 Å². The average Bonchev–Trinajstić information content (AvgIpc) is 2.39. The lowest BCUT2D eigenvalue weighted by atomic mass is 10.0. The van der Waals surface area contributed by atoms with Crippen LogP contribution in [-0.2, 0) is 4.74 Å². The number of pyridine rings is 1. The number of carbonyl (C=O) groups excluding carboxylic acids is 1. The van der Waals surface area contributed by atoms with Crippen LogP contribution in [0, 0.1) is 11.6 Å². The smallest absolute Gasteiger partial charge is 0.339 e. The van der Waals surface area contributed by atoms with Crippen LogP contribution in [0.25, 0.3) is 11.3 Å². The first kappa shape index (κ1) is 13.1. The number of hydrogen-bond donors (Lipinski definition) is 0. The lowest BCUT2D eigenvalue weighted by Gasteiger charge is -2.09. The number of aromatic nitrogens is 1. The molecule has 0 aliphatic carbocycles.